The molecule has 3 rings (SSSR count). The van der Waals surface area contributed by atoms with Gasteiger partial charge in [0.2, 0.25) is 5.91 Å². The number of amides is 5. The van der Waals surface area contributed by atoms with Crippen LogP contribution in [-0.2, 0) is 23.8 Å². The SMILES string of the molecule is CCCCC(C(=O)NCCNC)N1C(=O)C(=CC=CC=C2Oc3ccc(SOOO)cc3N2C)C(=O)N(C)C1=O. The highest BCUT2D eigenvalue weighted by Gasteiger charge is 2.45. The zero-order valence-electron chi connectivity index (χ0n) is 22.7. The van der Waals surface area contributed by atoms with Crippen LogP contribution in [0.3, 0.4) is 0 Å². The minimum atomic E-state index is -1.04. The molecule has 0 radical (unpaired) electrons. The van der Waals surface area contributed by atoms with Crippen molar-refractivity contribution in [3.8, 4) is 5.75 Å². The highest BCUT2D eigenvalue weighted by atomic mass is 32.2. The molecule has 1 fully saturated rings. The summed E-state index contributed by atoms with van der Waals surface area (Å²) in [4.78, 5) is 56.3. The summed E-state index contributed by atoms with van der Waals surface area (Å²) in [6.07, 6.45) is 7.68. The van der Waals surface area contributed by atoms with Crippen LogP contribution in [0.15, 0.2) is 58.9 Å². The summed E-state index contributed by atoms with van der Waals surface area (Å²) in [6.45, 7) is 2.79. The van der Waals surface area contributed by atoms with Crippen molar-refractivity contribution < 1.29 is 38.5 Å². The minimum absolute atomic E-state index is 0.238. The van der Waals surface area contributed by atoms with Crippen LogP contribution in [0.2, 0.25) is 0 Å². The number of carbonyl (C=O) groups excluding carboxylic acids is 4. The van der Waals surface area contributed by atoms with Gasteiger partial charge >= 0.3 is 6.03 Å². The number of allylic oxidation sites excluding steroid dienone is 4. The third-order valence-corrected chi connectivity index (χ3v) is 6.78. The van der Waals surface area contributed by atoms with Crippen molar-refractivity contribution in [2.45, 2.75) is 37.1 Å². The number of benzene rings is 1. The highest BCUT2D eigenvalue weighted by molar-refractivity contribution is 7.94. The summed E-state index contributed by atoms with van der Waals surface area (Å²) >= 11 is 0.821. The first-order chi connectivity index (χ1) is 19.2. The van der Waals surface area contributed by atoms with E-state index >= 15 is 0 Å². The zero-order chi connectivity index (χ0) is 29.2. The molecule has 0 bridgehead atoms. The van der Waals surface area contributed by atoms with Gasteiger partial charge in [0.1, 0.15) is 11.6 Å². The van der Waals surface area contributed by atoms with E-state index in [2.05, 4.69) is 20.0 Å². The molecule has 2 aliphatic rings. The Balaban J connectivity index is 1.80. The molecular formula is C26H33N5O8S. The van der Waals surface area contributed by atoms with E-state index < -0.39 is 29.8 Å². The number of barbiturate groups is 1. The number of hydrogen-bond acceptors (Lipinski definition) is 11. The predicted molar refractivity (Wildman–Crippen MR) is 147 cm³/mol. The number of imide groups is 2. The average molecular weight is 576 g/mol. The third-order valence-electron chi connectivity index (χ3n) is 6.21. The number of ether oxygens (including phenoxy) is 1. The van der Waals surface area contributed by atoms with Crippen molar-refractivity contribution in [1.29, 1.82) is 0 Å². The molecule has 0 aliphatic carbocycles. The molecule has 216 valence electrons. The van der Waals surface area contributed by atoms with E-state index in [1.807, 2.05) is 6.92 Å². The first-order valence-corrected chi connectivity index (χ1v) is 13.4. The molecule has 1 aromatic carbocycles. The summed E-state index contributed by atoms with van der Waals surface area (Å²) in [5.41, 5.74) is 0.502. The molecule has 40 heavy (non-hydrogen) atoms. The van der Waals surface area contributed by atoms with Gasteiger partial charge in [0.05, 0.1) is 17.7 Å². The Bertz CT molecular complexity index is 1220. The van der Waals surface area contributed by atoms with Crippen molar-refractivity contribution in [2.24, 2.45) is 0 Å². The number of nitrogens with zero attached hydrogens (tertiary/aromatic N) is 3. The van der Waals surface area contributed by atoms with Gasteiger partial charge in [0, 0.05) is 32.1 Å². The van der Waals surface area contributed by atoms with Gasteiger partial charge in [0.15, 0.2) is 11.6 Å². The van der Waals surface area contributed by atoms with Gasteiger partial charge in [-0.15, -0.1) is 4.33 Å². The van der Waals surface area contributed by atoms with Gasteiger partial charge in [-0.3, -0.25) is 19.3 Å². The van der Waals surface area contributed by atoms with E-state index in [0.29, 0.717) is 36.0 Å². The largest absolute Gasteiger partial charge is 0.439 e. The quantitative estimate of drug-likeness (QED) is 0.0795. The standard InChI is InChI=1S/C26H33N5O8S/c1-5-6-10-19(23(32)28-15-14-27-2)31-25(34)18(24(33)30(4)26(31)35)9-7-8-11-22-29(3)20-16-17(40-39-38-36)12-13-21(20)37-22/h7-9,11-13,16,19,27,36H,5-6,10,14-15H2,1-4H3,(H,28,32). The smallest absolute Gasteiger partial charge is 0.334 e. The second-order valence-electron chi connectivity index (χ2n) is 8.86. The first-order valence-electron chi connectivity index (χ1n) is 12.6. The molecule has 13 nitrogen and oxygen atoms in total. The second-order valence-corrected chi connectivity index (χ2v) is 9.64. The number of likely N-dealkylation sites (N-methyl/N-ethyl adjacent to an activating group) is 2. The highest BCUT2D eigenvalue weighted by Crippen LogP contribution is 2.40. The van der Waals surface area contributed by atoms with Crippen LogP contribution in [0.1, 0.15) is 26.2 Å². The lowest BCUT2D eigenvalue weighted by molar-refractivity contribution is -0.432. The third kappa shape index (κ3) is 7.08. The first kappa shape index (κ1) is 30.8. The minimum Gasteiger partial charge on any atom is -0.439 e. The van der Waals surface area contributed by atoms with Crippen LogP contribution >= 0.6 is 12.0 Å². The van der Waals surface area contributed by atoms with Crippen molar-refractivity contribution in [2.75, 3.05) is 39.1 Å². The summed E-state index contributed by atoms with van der Waals surface area (Å²) in [7, 11) is 4.81. The molecule has 1 unspecified atom stereocenters. The number of urea groups is 1. The van der Waals surface area contributed by atoms with Gasteiger partial charge in [-0.1, -0.05) is 37.0 Å². The van der Waals surface area contributed by atoms with Crippen molar-refractivity contribution >= 4 is 41.5 Å². The number of anilines is 1. The Hall–Kier alpha value is -3.69. The molecule has 1 aromatic rings. The number of nitrogens with one attached hydrogen (secondary N) is 2. The Morgan fingerprint density at radius 1 is 1.12 bits per heavy atom. The number of unbranched alkanes of at least 4 members (excludes halogenated alkanes) is 1. The Morgan fingerprint density at radius 3 is 2.58 bits per heavy atom. The zero-order valence-corrected chi connectivity index (χ0v) is 23.5. The lowest BCUT2D eigenvalue weighted by Crippen LogP contribution is -2.61. The van der Waals surface area contributed by atoms with Crippen molar-refractivity contribution in [3.63, 3.8) is 0 Å². The molecular weight excluding hydrogens is 542 g/mol. The maximum absolute atomic E-state index is 13.4. The molecule has 1 atom stereocenters. The molecule has 2 aliphatic heterocycles. The van der Waals surface area contributed by atoms with Gasteiger partial charge < -0.3 is 20.3 Å². The fraction of sp³-hybridized carbons (Fsp3) is 0.385. The fourth-order valence-electron chi connectivity index (χ4n) is 4.05. The average Bonchev–Trinajstić information content (AvgIpc) is 3.26. The molecule has 0 aromatic heterocycles. The summed E-state index contributed by atoms with van der Waals surface area (Å²) in [6, 6.07) is 3.34. The van der Waals surface area contributed by atoms with Crippen LogP contribution in [0.4, 0.5) is 10.5 Å². The van der Waals surface area contributed by atoms with Crippen LogP contribution in [0.25, 0.3) is 0 Å². The van der Waals surface area contributed by atoms with Gasteiger partial charge in [-0.25, -0.2) is 15.0 Å². The van der Waals surface area contributed by atoms with Crippen molar-refractivity contribution in [1.82, 2.24) is 20.4 Å². The molecule has 5 amide bonds. The Labute approximate surface area is 236 Å². The lowest BCUT2D eigenvalue weighted by atomic mass is 10.0. The van der Waals surface area contributed by atoms with Gasteiger partial charge in [-0.05, 0) is 43.8 Å². The van der Waals surface area contributed by atoms with E-state index in [1.165, 1.54) is 19.2 Å². The molecule has 0 saturated carbocycles. The monoisotopic (exact) mass is 575 g/mol. The Kier molecular flexibility index (Phi) is 11.3. The van der Waals surface area contributed by atoms with Crippen LogP contribution in [0.5, 0.6) is 5.75 Å². The van der Waals surface area contributed by atoms with Gasteiger partial charge in [-0.2, -0.15) is 0 Å². The van der Waals surface area contributed by atoms with Gasteiger partial charge in [0.25, 0.3) is 11.8 Å². The van der Waals surface area contributed by atoms with E-state index in [9.17, 15) is 19.2 Å². The fourth-order valence-corrected chi connectivity index (χ4v) is 4.44. The van der Waals surface area contributed by atoms with E-state index in [-0.39, 0.29) is 12.0 Å². The predicted octanol–water partition coefficient (Wildman–Crippen LogP) is 2.58. The number of carbonyl (C=O) groups is 4. The van der Waals surface area contributed by atoms with E-state index in [0.717, 1.165) is 34.0 Å². The van der Waals surface area contributed by atoms with Crippen molar-refractivity contribution in [3.05, 3.63) is 54.0 Å². The van der Waals surface area contributed by atoms with E-state index in [1.54, 1.807) is 49.3 Å². The maximum atomic E-state index is 13.4. The topological polar surface area (TPSA) is 150 Å². The number of hydrogen-bond donors (Lipinski definition) is 3. The van der Waals surface area contributed by atoms with E-state index in [4.69, 9.17) is 9.99 Å². The Morgan fingerprint density at radius 2 is 1.88 bits per heavy atom. The second kappa shape index (κ2) is 14.6. The molecule has 14 heteroatoms. The molecule has 0 spiro atoms. The lowest BCUT2D eigenvalue weighted by Gasteiger charge is -2.36. The summed E-state index contributed by atoms with van der Waals surface area (Å²) in [5, 5.41) is 17.6. The summed E-state index contributed by atoms with van der Waals surface area (Å²) in [5.74, 6) is -0.968. The number of rotatable bonds is 13. The summed E-state index contributed by atoms with van der Waals surface area (Å²) < 4.78 is 10.3. The molecule has 3 N–H and O–H groups in total. The van der Waals surface area contributed by atoms with Crippen LogP contribution in [-0.4, -0.2) is 79.1 Å². The van der Waals surface area contributed by atoms with Crippen LogP contribution in [0, 0.1) is 0 Å². The molecule has 2 heterocycles. The van der Waals surface area contributed by atoms with Crippen LogP contribution < -0.4 is 20.3 Å². The molecule has 1 saturated heterocycles. The normalized spacial score (nSPS) is 18.2. The maximum Gasteiger partial charge on any atom is 0.334 e. The number of fused-ring (bicyclic) bond motifs is 1.